The topological polar surface area (TPSA) is 67.3 Å². The van der Waals surface area contributed by atoms with E-state index < -0.39 is 23.0 Å². The van der Waals surface area contributed by atoms with E-state index in [1.165, 1.54) is 23.9 Å². The third kappa shape index (κ3) is 4.74. The van der Waals surface area contributed by atoms with Crippen molar-refractivity contribution in [2.75, 3.05) is 0 Å². The van der Waals surface area contributed by atoms with Gasteiger partial charge in [0.1, 0.15) is 0 Å². The lowest BCUT2D eigenvalue weighted by Gasteiger charge is -2.07. The van der Waals surface area contributed by atoms with Crippen LogP contribution in [0.5, 0.6) is 0 Å². The number of ketones is 1. The quantitative estimate of drug-likeness (QED) is 0.235. The van der Waals surface area contributed by atoms with Gasteiger partial charge >= 0.3 is 5.97 Å². The van der Waals surface area contributed by atoms with Crippen LogP contribution in [0.4, 0.5) is 8.78 Å². The first kappa shape index (κ1) is 24.4. The molecule has 2 heterocycles. The van der Waals surface area contributed by atoms with Gasteiger partial charge in [0, 0.05) is 17.5 Å². The number of thiocarbonyl (C=S) groups is 1. The van der Waals surface area contributed by atoms with Crippen LogP contribution in [0, 0.1) is 23.0 Å². The highest BCUT2D eigenvalue weighted by Crippen LogP contribution is 2.65. The number of aromatic nitrogens is 1. The zero-order valence-corrected chi connectivity index (χ0v) is 20.0. The van der Waals surface area contributed by atoms with Crippen LogP contribution in [-0.2, 0) is 9.59 Å². The smallest absolute Gasteiger partial charge is 0.303 e. The van der Waals surface area contributed by atoms with E-state index in [1.807, 2.05) is 0 Å². The second-order valence-electron chi connectivity index (χ2n) is 8.61. The van der Waals surface area contributed by atoms with Gasteiger partial charge < -0.3 is 5.11 Å². The average Bonchev–Trinajstić information content (AvgIpc) is 3.49. The van der Waals surface area contributed by atoms with E-state index in [1.54, 1.807) is 24.3 Å². The minimum absolute atomic E-state index is 0.0204. The standard InChI is InChI=1S/C26H23F2NO3S2/c1-2-15-11-16(12-19(27)23(15)28)20-9-6-8-18(29-20)13-21-24(32)26(25(33)34-21)14-17(26)7-4-3-5-10-22(30)31/h2,6,8-9,11-13,17H,1,3-5,7,10,14H2,(H,30,31)/b21-13-. The Bertz CT molecular complexity index is 1230. The van der Waals surface area contributed by atoms with Crippen molar-refractivity contribution < 1.29 is 23.5 Å². The molecule has 1 aliphatic heterocycles. The van der Waals surface area contributed by atoms with E-state index in [4.69, 9.17) is 17.3 Å². The number of carboxylic acid groups (broad SMARTS) is 1. The fourth-order valence-electron chi connectivity index (χ4n) is 4.43. The van der Waals surface area contributed by atoms with Gasteiger partial charge in [0.15, 0.2) is 17.4 Å². The summed E-state index contributed by atoms with van der Waals surface area (Å²) in [6.07, 6.45) is 7.06. The van der Waals surface area contributed by atoms with Gasteiger partial charge in [-0.25, -0.2) is 13.8 Å². The van der Waals surface area contributed by atoms with Crippen LogP contribution in [0.3, 0.4) is 0 Å². The first-order valence-corrected chi connectivity index (χ1v) is 12.3. The average molecular weight is 500 g/mol. The minimum atomic E-state index is -0.977. The summed E-state index contributed by atoms with van der Waals surface area (Å²) in [6.45, 7) is 3.52. The summed E-state index contributed by atoms with van der Waals surface area (Å²) >= 11 is 6.88. The first-order valence-electron chi connectivity index (χ1n) is 11.1. The molecule has 0 amide bonds. The number of Topliss-reactive ketones (excluding diaryl/α,β-unsaturated/α-hetero) is 1. The Hall–Kier alpha value is -2.71. The van der Waals surface area contributed by atoms with Crippen molar-refractivity contribution in [1.82, 2.24) is 4.98 Å². The first-order chi connectivity index (χ1) is 16.3. The Kier molecular flexibility index (Phi) is 7.09. The molecule has 1 N–H and O–H groups in total. The number of aliphatic carboxylic acids is 1. The number of unbranched alkanes of at least 4 members (excludes halogenated alkanes) is 2. The summed E-state index contributed by atoms with van der Waals surface area (Å²) in [6, 6.07) is 7.76. The highest BCUT2D eigenvalue weighted by Gasteiger charge is 2.66. The van der Waals surface area contributed by atoms with Crippen molar-refractivity contribution >= 4 is 52.1 Å². The number of carbonyl (C=O) groups is 2. The van der Waals surface area contributed by atoms with E-state index in [0.717, 1.165) is 31.7 Å². The normalized spacial score (nSPS) is 22.5. The van der Waals surface area contributed by atoms with Crippen LogP contribution in [0.15, 0.2) is 41.8 Å². The van der Waals surface area contributed by atoms with Crippen LogP contribution >= 0.6 is 24.0 Å². The monoisotopic (exact) mass is 499 g/mol. The van der Waals surface area contributed by atoms with Crippen LogP contribution in [0.25, 0.3) is 23.4 Å². The maximum Gasteiger partial charge on any atom is 0.303 e. The van der Waals surface area contributed by atoms with Crippen LogP contribution in [-0.4, -0.2) is 26.0 Å². The summed E-state index contributed by atoms with van der Waals surface area (Å²) in [5, 5.41) is 8.74. The summed E-state index contributed by atoms with van der Waals surface area (Å²) in [5.74, 6) is -2.50. The molecule has 1 saturated heterocycles. The molecule has 8 heteroatoms. The lowest BCUT2D eigenvalue weighted by Crippen LogP contribution is -2.17. The van der Waals surface area contributed by atoms with E-state index in [9.17, 15) is 18.4 Å². The molecule has 2 fully saturated rings. The van der Waals surface area contributed by atoms with E-state index >= 15 is 0 Å². The Morgan fingerprint density at radius 3 is 2.82 bits per heavy atom. The lowest BCUT2D eigenvalue weighted by atomic mass is 9.96. The Balaban J connectivity index is 1.48. The fraction of sp³-hybridized carbons (Fsp3) is 0.308. The summed E-state index contributed by atoms with van der Waals surface area (Å²) in [4.78, 5) is 28.9. The largest absolute Gasteiger partial charge is 0.481 e. The molecular weight excluding hydrogens is 476 g/mol. The second kappa shape index (κ2) is 9.88. The van der Waals surface area contributed by atoms with Crippen LogP contribution in [0.2, 0.25) is 0 Å². The SMILES string of the molecule is C=Cc1cc(-c2cccc(/C=C3\SC(=S)C4(CC4CCCCCC(=O)O)C3=O)n2)cc(F)c1F. The molecule has 34 heavy (non-hydrogen) atoms. The van der Waals surface area contributed by atoms with Crippen molar-refractivity contribution in [3.63, 3.8) is 0 Å². The lowest BCUT2D eigenvalue weighted by molar-refractivity contribution is -0.137. The maximum atomic E-state index is 14.0. The Morgan fingerprint density at radius 2 is 2.09 bits per heavy atom. The molecule has 2 aromatic rings. The molecule has 1 saturated carbocycles. The molecule has 1 spiro atoms. The van der Waals surface area contributed by atoms with E-state index in [2.05, 4.69) is 11.6 Å². The number of thioether (sulfide) groups is 1. The molecule has 1 aliphatic carbocycles. The Morgan fingerprint density at radius 1 is 1.29 bits per heavy atom. The Labute approximate surface area is 206 Å². The van der Waals surface area contributed by atoms with Crippen molar-refractivity contribution in [1.29, 1.82) is 0 Å². The van der Waals surface area contributed by atoms with Crippen LogP contribution in [0.1, 0.15) is 49.8 Å². The number of carbonyl (C=O) groups excluding carboxylic acids is 1. The number of hydrogen-bond donors (Lipinski definition) is 1. The van der Waals surface area contributed by atoms with Crippen molar-refractivity contribution in [2.45, 2.75) is 38.5 Å². The van der Waals surface area contributed by atoms with Gasteiger partial charge in [-0.1, -0.05) is 55.5 Å². The third-order valence-electron chi connectivity index (χ3n) is 6.37. The van der Waals surface area contributed by atoms with Gasteiger partial charge in [-0.15, -0.1) is 0 Å². The molecule has 0 bridgehead atoms. The number of hydrogen-bond acceptors (Lipinski definition) is 5. The van der Waals surface area contributed by atoms with Crippen molar-refractivity contribution in [3.8, 4) is 11.3 Å². The molecule has 2 unspecified atom stereocenters. The number of allylic oxidation sites excluding steroid dienone is 1. The molecule has 176 valence electrons. The number of halogens is 2. The molecule has 0 radical (unpaired) electrons. The zero-order valence-electron chi connectivity index (χ0n) is 18.4. The fourth-order valence-corrected chi connectivity index (χ4v) is 6.22. The van der Waals surface area contributed by atoms with Crippen LogP contribution < -0.4 is 0 Å². The number of benzene rings is 1. The second-order valence-corrected chi connectivity index (χ2v) is 10.3. The molecule has 2 aliphatic rings. The molecule has 1 aromatic carbocycles. The van der Waals surface area contributed by atoms with Crippen molar-refractivity contribution in [3.05, 3.63) is 64.7 Å². The van der Waals surface area contributed by atoms with Gasteiger partial charge in [0.05, 0.1) is 25.9 Å². The van der Waals surface area contributed by atoms with Gasteiger partial charge in [-0.2, -0.15) is 0 Å². The third-order valence-corrected chi connectivity index (χ3v) is 8.05. The van der Waals surface area contributed by atoms with Gasteiger partial charge in [-0.3, -0.25) is 9.59 Å². The zero-order chi connectivity index (χ0) is 24.5. The van der Waals surface area contributed by atoms with E-state index in [0.29, 0.717) is 32.5 Å². The number of rotatable bonds is 9. The van der Waals surface area contributed by atoms with Gasteiger partial charge in [-0.05, 0) is 55.5 Å². The number of pyridine rings is 1. The maximum absolute atomic E-state index is 14.0. The molecule has 2 atom stereocenters. The van der Waals surface area contributed by atoms with E-state index in [-0.39, 0.29) is 23.7 Å². The highest BCUT2D eigenvalue weighted by molar-refractivity contribution is 8.27. The number of nitrogens with zero attached hydrogens (tertiary/aromatic N) is 1. The minimum Gasteiger partial charge on any atom is -0.481 e. The molecule has 4 rings (SSSR count). The van der Waals surface area contributed by atoms with Gasteiger partial charge in [0.25, 0.3) is 0 Å². The predicted octanol–water partition coefficient (Wildman–Crippen LogP) is 6.70. The molecule has 4 nitrogen and oxygen atoms in total. The number of carboxylic acids is 1. The summed E-state index contributed by atoms with van der Waals surface area (Å²) < 4.78 is 28.5. The molecule has 1 aromatic heterocycles. The summed E-state index contributed by atoms with van der Waals surface area (Å²) in [5.41, 5.74) is 0.863. The predicted molar refractivity (Wildman–Crippen MR) is 134 cm³/mol. The highest BCUT2D eigenvalue weighted by atomic mass is 32.2. The summed E-state index contributed by atoms with van der Waals surface area (Å²) in [7, 11) is 0. The van der Waals surface area contributed by atoms with Gasteiger partial charge in [0.2, 0.25) is 0 Å². The van der Waals surface area contributed by atoms with Crippen molar-refractivity contribution in [2.24, 2.45) is 11.3 Å². The molecular formula is C26H23F2NO3S2.